The van der Waals surface area contributed by atoms with Crippen LogP contribution in [0, 0.1) is 17.2 Å². The van der Waals surface area contributed by atoms with Gasteiger partial charge in [0.1, 0.15) is 6.07 Å². The van der Waals surface area contributed by atoms with Gasteiger partial charge in [-0.15, -0.1) is 0 Å². The van der Waals surface area contributed by atoms with Crippen molar-refractivity contribution in [3.63, 3.8) is 0 Å². The second-order valence-electron chi connectivity index (χ2n) is 5.50. The molecule has 0 radical (unpaired) electrons. The molecule has 18 heavy (non-hydrogen) atoms. The first-order valence-electron chi connectivity index (χ1n) is 7.01. The van der Waals surface area contributed by atoms with Crippen molar-refractivity contribution in [2.45, 2.75) is 50.9 Å². The smallest absolute Gasteiger partial charge is 0.232 e. The van der Waals surface area contributed by atoms with Crippen LogP contribution in [0.15, 0.2) is 4.42 Å². The van der Waals surface area contributed by atoms with E-state index in [2.05, 4.69) is 16.4 Å². The Hall–Kier alpha value is -1.50. The van der Waals surface area contributed by atoms with Crippen LogP contribution in [-0.4, -0.2) is 11.5 Å². The minimum atomic E-state index is 0.419. The molecule has 0 amide bonds. The molecule has 4 nitrogen and oxygen atoms in total. The monoisotopic (exact) mass is 245 g/mol. The lowest BCUT2D eigenvalue weighted by Crippen LogP contribution is -2.04. The molecular weight excluding hydrogens is 226 g/mol. The highest BCUT2D eigenvalue weighted by molar-refractivity contribution is 5.45. The molecule has 4 heteroatoms. The molecule has 0 unspecified atom stereocenters. The van der Waals surface area contributed by atoms with E-state index in [4.69, 9.17) is 9.68 Å². The number of anilines is 1. The molecule has 0 aromatic carbocycles. The summed E-state index contributed by atoms with van der Waals surface area (Å²) >= 11 is 0. The molecule has 2 fully saturated rings. The molecular formula is C14H19N3O. The van der Waals surface area contributed by atoms with E-state index >= 15 is 0 Å². The first-order valence-corrected chi connectivity index (χ1v) is 7.01. The molecule has 96 valence electrons. The molecule has 0 saturated heterocycles. The van der Waals surface area contributed by atoms with Crippen molar-refractivity contribution >= 4 is 5.88 Å². The first kappa shape index (κ1) is 11.6. The van der Waals surface area contributed by atoms with Gasteiger partial charge in [-0.2, -0.15) is 5.26 Å². The van der Waals surface area contributed by atoms with Gasteiger partial charge in [0, 0.05) is 12.5 Å². The average Bonchev–Trinajstić information content (AvgIpc) is 3.16. The lowest BCUT2D eigenvalue weighted by Gasteiger charge is -2.17. The second kappa shape index (κ2) is 5.01. The fourth-order valence-corrected chi connectivity index (χ4v) is 2.62. The molecule has 2 saturated carbocycles. The molecule has 1 N–H and O–H groups in total. The number of aromatic nitrogens is 1. The van der Waals surface area contributed by atoms with E-state index in [0.29, 0.717) is 17.5 Å². The van der Waals surface area contributed by atoms with Crippen LogP contribution in [0.2, 0.25) is 0 Å². The molecule has 2 aliphatic rings. The van der Waals surface area contributed by atoms with Crippen molar-refractivity contribution in [3.05, 3.63) is 11.6 Å². The molecule has 1 aromatic rings. The van der Waals surface area contributed by atoms with Crippen molar-refractivity contribution in [2.75, 3.05) is 11.9 Å². The molecule has 0 bridgehead atoms. The minimum Gasteiger partial charge on any atom is -0.424 e. The zero-order chi connectivity index (χ0) is 12.4. The molecule has 3 rings (SSSR count). The fourth-order valence-electron chi connectivity index (χ4n) is 2.62. The summed E-state index contributed by atoms with van der Waals surface area (Å²) in [7, 11) is 0. The van der Waals surface area contributed by atoms with Crippen LogP contribution < -0.4 is 5.32 Å². The molecule has 1 heterocycles. The summed E-state index contributed by atoms with van der Waals surface area (Å²) in [6.45, 7) is 0.911. The van der Waals surface area contributed by atoms with E-state index in [0.717, 1.165) is 31.2 Å². The zero-order valence-corrected chi connectivity index (χ0v) is 10.6. The summed E-state index contributed by atoms with van der Waals surface area (Å²) in [4.78, 5) is 4.36. The highest BCUT2D eigenvalue weighted by atomic mass is 16.4. The summed E-state index contributed by atoms with van der Waals surface area (Å²) in [5.74, 6) is 2.54. The second-order valence-corrected chi connectivity index (χ2v) is 5.50. The Kier molecular flexibility index (Phi) is 3.22. The Labute approximate surface area is 107 Å². The van der Waals surface area contributed by atoms with Gasteiger partial charge in [0.25, 0.3) is 0 Å². The third-order valence-electron chi connectivity index (χ3n) is 3.95. The highest BCUT2D eigenvalue weighted by Crippen LogP contribution is 2.35. The number of rotatable bonds is 4. The van der Waals surface area contributed by atoms with Gasteiger partial charge in [-0.1, -0.05) is 19.3 Å². The Morgan fingerprint density at radius 2 is 2.00 bits per heavy atom. The van der Waals surface area contributed by atoms with Gasteiger partial charge in [0.15, 0.2) is 0 Å². The Bertz CT molecular complexity index is 450. The normalized spacial score (nSPS) is 20.6. The lowest BCUT2D eigenvalue weighted by atomic mass is 9.89. The van der Waals surface area contributed by atoms with Crippen LogP contribution >= 0.6 is 0 Å². The summed E-state index contributed by atoms with van der Waals surface area (Å²) in [6, 6.07) is 2.13. The zero-order valence-electron chi connectivity index (χ0n) is 10.6. The number of hydrogen-bond acceptors (Lipinski definition) is 4. The van der Waals surface area contributed by atoms with Crippen LogP contribution in [0.25, 0.3) is 0 Å². The van der Waals surface area contributed by atoms with Crippen molar-refractivity contribution in [1.29, 1.82) is 5.26 Å². The van der Waals surface area contributed by atoms with Crippen molar-refractivity contribution in [3.8, 4) is 6.07 Å². The number of nitriles is 1. The summed E-state index contributed by atoms with van der Waals surface area (Å²) in [5.41, 5.74) is 0.427. The molecule has 0 spiro atoms. The van der Waals surface area contributed by atoms with E-state index in [1.807, 2.05) is 0 Å². The van der Waals surface area contributed by atoms with Gasteiger partial charge in [-0.3, -0.25) is 0 Å². The van der Waals surface area contributed by atoms with E-state index in [1.165, 1.54) is 32.1 Å². The van der Waals surface area contributed by atoms with Crippen molar-refractivity contribution < 1.29 is 4.42 Å². The molecule has 1 aromatic heterocycles. The SMILES string of the molecule is N#Cc1nc(C2CCCCC2)oc1NCC1CC1. The van der Waals surface area contributed by atoms with Gasteiger partial charge < -0.3 is 9.73 Å². The Morgan fingerprint density at radius 1 is 1.22 bits per heavy atom. The van der Waals surface area contributed by atoms with Gasteiger partial charge >= 0.3 is 0 Å². The quantitative estimate of drug-likeness (QED) is 0.882. The molecule has 0 aliphatic heterocycles. The van der Waals surface area contributed by atoms with Gasteiger partial charge in [-0.25, -0.2) is 4.98 Å². The van der Waals surface area contributed by atoms with E-state index in [-0.39, 0.29) is 0 Å². The van der Waals surface area contributed by atoms with Gasteiger partial charge in [0.05, 0.1) is 0 Å². The maximum Gasteiger partial charge on any atom is 0.232 e. The van der Waals surface area contributed by atoms with Crippen LogP contribution in [0.4, 0.5) is 5.88 Å². The number of nitrogens with zero attached hydrogens (tertiary/aromatic N) is 2. The standard InChI is InChI=1S/C14H19N3O/c15-8-12-14(16-9-10-6-7-10)18-13(17-12)11-4-2-1-3-5-11/h10-11,16H,1-7,9H2. The predicted molar refractivity (Wildman–Crippen MR) is 68.3 cm³/mol. The van der Waals surface area contributed by atoms with E-state index < -0.39 is 0 Å². The third-order valence-corrected chi connectivity index (χ3v) is 3.95. The Balaban J connectivity index is 1.71. The van der Waals surface area contributed by atoms with Gasteiger partial charge in [0.2, 0.25) is 17.5 Å². The largest absolute Gasteiger partial charge is 0.424 e. The van der Waals surface area contributed by atoms with Crippen molar-refractivity contribution in [2.24, 2.45) is 5.92 Å². The maximum absolute atomic E-state index is 9.10. The fraction of sp³-hybridized carbons (Fsp3) is 0.714. The highest BCUT2D eigenvalue weighted by Gasteiger charge is 2.25. The molecule has 0 atom stereocenters. The first-order chi connectivity index (χ1) is 8.86. The predicted octanol–water partition coefficient (Wildman–Crippen LogP) is 3.42. The minimum absolute atomic E-state index is 0.419. The molecule has 2 aliphatic carbocycles. The van der Waals surface area contributed by atoms with Crippen LogP contribution in [0.1, 0.15) is 62.4 Å². The van der Waals surface area contributed by atoms with E-state index in [9.17, 15) is 0 Å². The van der Waals surface area contributed by atoms with Crippen molar-refractivity contribution in [1.82, 2.24) is 4.98 Å². The summed E-state index contributed by atoms with van der Waals surface area (Å²) in [5, 5.41) is 12.3. The topological polar surface area (TPSA) is 61.9 Å². The lowest BCUT2D eigenvalue weighted by molar-refractivity contribution is 0.367. The van der Waals surface area contributed by atoms with Crippen LogP contribution in [0.5, 0.6) is 0 Å². The summed E-state index contributed by atoms with van der Waals surface area (Å²) < 4.78 is 5.78. The van der Waals surface area contributed by atoms with Crippen LogP contribution in [0.3, 0.4) is 0 Å². The van der Waals surface area contributed by atoms with Gasteiger partial charge in [-0.05, 0) is 31.6 Å². The Morgan fingerprint density at radius 3 is 2.67 bits per heavy atom. The van der Waals surface area contributed by atoms with Crippen LogP contribution in [-0.2, 0) is 0 Å². The average molecular weight is 245 g/mol. The maximum atomic E-state index is 9.10. The third kappa shape index (κ3) is 2.50. The number of oxazole rings is 1. The number of nitrogens with one attached hydrogen (secondary N) is 1. The number of hydrogen-bond donors (Lipinski definition) is 1. The van der Waals surface area contributed by atoms with E-state index in [1.54, 1.807) is 0 Å². The summed E-state index contributed by atoms with van der Waals surface area (Å²) in [6.07, 6.45) is 8.69.